The summed E-state index contributed by atoms with van der Waals surface area (Å²) in [4.78, 5) is 28.4. The molecule has 0 saturated carbocycles. The van der Waals surface area contributed by atoms with E-state index in [1.165, 1.54) is 16.7 Å². The molecule has 1 aliphatic heterocycles. The summed E-state index contributed by atoms with van der Waals surface area (Å²) in [5.41, 5.74) is 1.69. The number of anilines is 1. The molecule has 0 bridgehead atoms. The zero-order valence-electron chi connectivity index (χ0n) is 22.8. The maximum Gasteiger partial charge on any atom is 0.301 e. The number of thioether (sulfide) groups is 1. The normalized spacial score (nSPS) is 16.0. The van der Waals surface area contributed by atoms with Crippen LogP contribution in [0.25, 0.3) is 5.76 Å². The van der Waals surface area contributed by atoms with Crippen LogP contribution in [0.1, 0.15) is 29.7 Å². The Balaban J connectivity index is 1.53. The number of amides is 1. The molecule has 3 aromatic carbocycles. The van der Waals surface area contributed by atoms with Gasteiger partial charge in [-0.2, -0.15) is 0 Å². The fourth-order valence-electron chi connectivity index (χ4n) is 4.44. The molecule has 5 rings (SSSR count). The Morgan fingerprint density at radius 2 is 1.86 bits per heavy atom. The Labute approximate surface area is 266 Å². The molecule has 4 aromatic rings. The predicted octanol–water partition coefficient (Wildman–Crippen LogP) is 7.73. The molecular weight excluding hydrogens is 629 g/mol. The Morgan fingerprint density at radius 1 is 1.07 bits per heavy atom. The predicted molar refractivity (Wildman–Crippen MR) is 170 cm³/mol. The van der Waals surface area contributed by atoms with Crippen LogP contribution in [-0.4, -0.2) is 40.2 Å². The minimum Gasteiger partial charge on any atom is -0.507 e. The first-order chi connectivity index (χ1) is 20.8. The van der Waals surface area contributed by atoms with E-state index in [4.69, 9.17) is 32.7 Å². The van der Waals surface area contributed by atoms with E-state index in [-0.39, 0.29) is 23.1 Å². The Kier molecular flexibility index (Phi) is 9.72. The number of hydrogen-bond donors (Lipinski definition) is 1. The standard InChI is InChI=1S/C31H25Cl2N3O5S2/c1-3-14-41-23-7-5-6-19(15-23)26-25(27(37)18-9-12-22(13-10-18)40-4-2)28(38)29(39)36(26)30-34-35-31(43-30)42-17-20-8-11-21(32)16-24(20)33/h3,5-13,15-16,26,37H,1,4,14,17H2,2H3. The van der Waals surface area contributed by atoms with Crippen LogP contribution >= 0.6 is 46.3 Å². The topological polar surface area (TPSA) is 102 Å². The van der Waals surface area contributed by atoms with Crippen molar-refractivity contribution in [3.63, 3.8) is 0 Å². The third-order valence-corrected chi connectivity index (χ3v) is 9.08. The zero-order valence-corrected chi connectivity index (χ0v) is 26.0. The lowest BCUT2D eigenvalue weighted by molar-refractivity contribution is -0.132. The van der Waals surface area contributed by atoms with Gasteiger partial charge in [-0.25, -0.2) is 0 Å². The van der Waals surface area contributed by atoms with Crippen molar-refractivity contribution in [2.75, 3.05) is 18.1 Å². The first-order valence-corrected chi connectivity index (χ1v) is 15.6. The summed E-state index contributed by atoms with van der Waals surface area (Å²) in [6.07, 6.45) is 1.61. The number of aliphatic hydroxyl groups excluding tert-OH is 1. The summed E-state index contributed by atoms with van der Waals surface area (Å²) in [5, 5.41) is 21.2. The zero-order chi connectivity index (χ0) is 30.5. The van der Waals surface area contributed by atoms with Gasteiger partial charge in [-0.15, -0.1) is 10.2 Å². The number of aliphatic hydroxyl groups is 1. The maximum absolute atomic E-state index is 13.6. The summed E-state index contributed by atoms with van der Waals surface area (Å²) >= 11 is 14.9. The van der Waals surface area contributed by atoms with Crippen molar-refractivity contribution in [1.29, 1.82) is 0 Å². The van der Waals surface area contributed by atoms with E-state index in [2.05, 4.69) is 16.8 Å². The number of ether oxygens (including phenoxy) is 2. The first kappa shape index (κ1) is 30.6. The van der Waals surface area contributed by atoms with Gasteiger partial charge in [-0.05, 0) is 66.6 Å². The van der Waals surface area contributed by atoms with Crippen molar-refractivity contribution < 1.29 is 24.2 Å². The molecule has 1 N–H and O–H groups in total. The van der Waals surface area contributed by atoms with Gasteiger partial charge in [0.15, 0.2) is 4.34 Å². The number of ketones is 1. The molecule has 0 spiro atoms. The van der Waals surface area contributed by atoms with Gasteiger partial charge in [0, 0.05) is 21.4 Å². The average Bonchev–Trinajstić information content (AvgIpc) is 3.57. The molecule has 1 atom stereocenters. The van der Waals surface area contributed by atoms with Crippen LogP contribution in [0.2, 0.25) is 10.0 Å². The number of aromatic nitrogens is 2. The van der Waals surface area contributed by atoms with E-state index in [9.17, 15) is 14.7 Å². The molecule has 0 radical (unpaired) electrons. The molecule has 1 saturated heterocycles. The Morgan fingerprint density at radius 3 is 2.58 bits per heavy atom. The molecule has 12 heteroatoms. The van der Waals surface area contributed by atoms with Crippen LogP contribution in [0.15, 0.2) is 89.3 Å². The van der Waals surface area contributed by atoms with Crippen LogP contribution in [-0.2, 0) is 15.3 Å². The van der Waals surface area contributed by atoms with Gasteiger partial charge < -0.3 is 14.6 Å². The summed E-state index contributed by atoms with van der Waals surface area (Å²) in [7, 11) is 0. The fraction of sp³-hybridized carbons (Fsp3) is 0.161. The highest BCUT2D eigenvalue weighted by Crippen LogP contribution is 2.45. The highest BCUT2D eigenvalue weighted by molar-refractivity contribution is 8.00. The number of carbonyl (C=O) groups excluding carboxylic acids is 2. The third kappa shape index (κ3) is 6.73. The summed E-state index contributed by atoms with van der Waals surface area (Å²) < 4.78 is 11.8. The van der Waals surface area contributed by atoms with Crippen molar-refractivity contribution in [2.45, 2.75) is 23.1 Å². The number of rotatable bonds is 11. The van der Waals surface area contributed by atoms with Gasteiger partial charge in [-0.1, -0.05) is 77.2 Å². The highest BCUT2D eigenvalue weighted by Gasteiger charge is 2.48. The molecule has 220 valence electrons. The summed E-state index contributed by atoms with van der Waals surface area (Å²) in [6, 6.07) is 17.9. The summed E-state index contributed by atoms with van der Waals surface area (Å²) in [6.45, 7) is 6.30. The minimum atomic E-state index is -0.990. The maximum atomic E-state index is 13.6. The number of nitrogens with zero attached hydrogens (tertiary/aromatic N) is 3. The molecular formula is C31H25Cl2N3O5S2. The highest BCUT2D eigenvalue weighted by atomic mass is 35.5. The van der Waals surface area contributed by atoms with Crippen LogP contribution in [0.4, 0.5) is 5.13 Å². The minimum absolute atomic E-state index is 0.0765. The SMILES string of the molecule is C=CCOc1cccc(C2C(=C(O)c3ccc(OCC)cc3)C(=O)C(=O)N2c2nnc(SCc3ccc(Cl)cc3Cl)s2)c1. The van der Waals surface area contributed by atoms with Crippen LogP contribution in [0.3, 0.4) is 0 Å². The van der Waals surface area contributed by atoms with Crippen molar-refractivity contribution in [3.8, 4) is 11.5 Å². The second-order valence-electron chi connectivity index (χ2n) is 9.17. The van der Waals surface area contributed by atoms with Crippen molar-refractivity contribution in [2.24, 2.45) is 0 Å². The van der Waals surface area contributed by atoms with Gasteiger partial charge in [0.2, 0.25) is 5.13 Å². The number of carbonyl (C=O) groups is 2. The second-order valence-corrected chi connectivity index (χ2v) is 12.2. The number of benzene rings is 3. The molecule has 2 heterocycles. The molecule has 0 aliphatic carbocycles. The molecule has 1 aromatic heterocycles. The first-order valence-electron chi connectivity index (χ1n) is 13.1. The summed E-state index contributed by atoms with van der Waals surface area (Å²) in [5.74, 6) is -0.371. The van der Waals surface area contributed by atoms with Gasteiger partial charge in [0.25, 0.3) is 5.78 Å². The lowest BCUT2D eigenvalue weighted by Crippen LogP contribution is -2.29. The fourth-order valence-corrected chi connectivity index (χ4v) is 6.87. The Bertz CT molecular complexity index is 1710. The van der Waals surface area contributed by atoms with E-state index in [0.717, 1.165) is 16.9 Å². The van der Waals surface area contributed by atoms with Crippen LogP contribution in [0, 0.1) is 0 Å². The van der Waals surface area contributed by atoms with Gasteiger partial charge in [0.1, 0.15) is 23.9 Å². The van der Waals surface area contributed by atoms with Crippen LogP contribution < -0.4 is 14.4 Å². The monoisotopic (exact) mass is 653 g/mol. The lowest BCUT2D eigenvalue weighted by Gasteiger charge is -2.23. The van der Waals surface area contributed by atoms with Crippen molar-refractivity contribution in [1.82, 2.24) is 10.2 Å². The molecule has 8 nitrogen and oxygen atoms in total. The van der Waals surface area contributed by atoms with Gasteiger partial charge >= 0.3 is 5.91 Å². The quantitative estimate of drug-likeness (QED) is 0.0438. The van der Waals surface area contributed by atoms with Gasteiger partial charge in [0.05, 0.1) is 18.2 Å². The van der Waals surface area contributed by atoms with E-state index >= 15 is 0 Å². The Hall–Kier alpha value is -3.83. The largest absolute Gasteiger partial charge is 0.507 e. The van der Waals surface area contributed by atoms with E-state index in [1.807, 2.05) is 13.0 Å². The lowest BCUT2D eigenvalue weighted by atomic mass is 9.95. The molecule has 1 amide bonds. The smallest absolute Gasteiger partial charge is 0.301 e. The van der Waals surface area contributed by atoms with E-state index in [1.54, 1.807) is 66.7 Å². The molecule has 1 unspecified atom stereocenters. The third-order valence-electron chi connectivity index (χ3n) is 6.39. The molecule has 1 aliphatic rings. The van der Waals surface area contributed by atoms with Crippen LogP contribution in [0.5, 0.6) is 11.5 Å². The number of halogens is 2. The second kappa shape index (κ2) is 13.6. The van der Waals surface area contributed by atoms with E-state index < -0.39 is 17.7 Å². The molecule has 1 fully saturated rings. The van der Waals surface area contributed by atoms with Gasteiger partial charge in [-0.3, -0.25) is 14.5 Å². The van der Waals surface area contributed by atoms with E-state index in [0.29, 0.717) is 49.4 Å². The van der Waals surface area contributed by atoms with Crippen molar-refractivity contribution in [3.05, 3.63) is 112 Å². The van der Waals surface area contributed by atoms with Crippen molar-refractivity contribution >= 4 is 68.9 Å². The number of hydrogen-bond acceptors (Lipinski definition) is 9. The number of Topliss-reactive ketones (excluding diaryl/α,β-unsaturated/α-hetero) is 1. The molecule has 43 heavy (non-hydrogen) atoms. The average molecular weight is 655 g/mol.